The van der Waals surface area contributed by atoms with Gasteiger partial charge in [-0.25, -0.2) is 0 Å². The predicted octanol–water partition coefficient (Wildman–Crippen LogP) is 3.40. The maximum atomic E-state index is 12.4. The van der Waals surface area contributed by atoms with Crippen LogP contribution in [0.15, 0.2) is 35.2 Å². The van der Waals surface area contributed by atoms with Crippen molar-refractivity contribution in [1.82, 2.24) is 20.0 Å². The third kappa shape index (κ3) is 3.07. The summed E-state index contributed by atoms with van der Waals surface area (Å²) in [7, 11) is 1.89. The average Bonchev–Trinajstić information content (AvgIpc) is 3.13. The Labute approximate surface area is 144 Å². The molecule has 24 heavy (non-hydrogen) atoms. The van der Waals surface area contributed by atoms with Crippen LogP contribution in [0.5, 0.6) is 0 Å². The van der Waals surface area contributed by atoms with Crippen LogP contribution in [-0.4, -0.2) is 32.1 Å². The van der Waals surface area contributed by atoms with E-state index in [1.165, 1.54) is 0 Å². The van der Waals surface area contributed by atoms with Crippen LogP contribution >= 0.6 is 11.8 Å². The van der Waals surface area contributed by atoms with Crippen LogP contribution in [0.4, 0.5) is 5.69 Å². The first-order chi connectivity index (χ1) is 11.5. The highest BCUT2D eigenvalue weighted by Crippen LogP contribution is 2.25. The molecule has 2 heterocycles. The number of aromatic nitrogens is 4. The fourth-order valence-electron chi connectivity index (χ4n) is 2.61. The van der Waals surface area contributed by atoms with E-state index in [1.807, 2.05) is 56.1 Å². The number of rotatable bonds is 4. The monoisotopic (exact) mass is 341 g/mol. The second-order valence-electron chi connectivity index (χ2n) is 5.52. The van der Waals surface area contributed by atoms with Gasteiger partial charge in [-0.05, 0) is 44.4 Å². The maximum absolute atomic E-state index is 12.4. The molecule has 0 aliphatic carbocycles. The smallest absolute Gasteiger partial charge is 0.273 e. The van der Waals surface area contributed by atoms with Crippen molar-refractivity contribution in [3.8, 4) is 11.3 Å². The third-order valence-electron chi connectivity index (χ3n) is 3.92. The zero-order chi connectivity index (χ0) is 17.3. The molecular formula is C17H19N5OS. The number of carbonyl (C=O) groups excluding carboxylic acids is 1. The lowest BCUT2D eigenvalue weighted by Crippen LogP contribution is -2.12. The van der Waals surface area contributed by atoms with Crippen molar-refractivity contribution < 1.29 is 4.79 Å². The van der Waals surface area contributed by atoms with Gasteiger partial charge >= 0.3 is 0 Å². The summed E-state index contributed by atoms with van der Waals surface area (Å²) >= 11 is 1.63. The van der Waals surface area contributed by atoms with Gasteiger partial charge in [0.05, 0.1) is 11.4 Å². The number of thioether (sulfide) groups is 1. The Morgan fingerprint density at radius 1 is 1.29 bits per heavy atom. The zero-order valence-corrected chi connectivity index (χ0v) is 14.9. The molecule has 0 fully saturated rings. The summed E-state index contributed by atoms with van der Waals surface area (Å²) in [6.07, 6.45) is 2.00. The number of aryl methyl sites for hydroxylation is 2. The van der Waals surface area contributed by atoms with E-state index >= 15 is 0 Å². The van der Waals surface area contributed by atoms with Crippen molar-refractivity contribution in [1.29, 1.82) is 0 Å². The molecule has 3 aromatic rings. The topological polar surface area (TPSA) is 75.6 Å². The van der Waals surface area contributed by atoms with Gasteiger partial charge in [0.2, 0.25) is 0 Å². The van der Waals surface area contributed by atoms with E-state index in [9.17, 15) is 4.79 Å². The van der Waals surface area contributed by atoms with Crippen molar-refractivity contribution in [3.05, 3.63) is 47.4 Å². The van der Waals surface area contributed by atoms with Gasteiger partial charge in [0, 0.05) is 28.9 Å². The van der Waals surface area contributed by atoms with Gasteiger partial charge < -0.3 is 5.32 Å². The summed E-state index contributed by atoms with van der Waals surface area (Å²) in [6, 6.07) is 9.48. The average molecular weight is 341 g/mol. The van der Waals surface area contributed by atoms with Gasteiger partial charge in [-0.1, -0.05) is 6.07 Å². The molecule has 3 rings (SSSR count). The minimum absolute atomic E-state index is 0.216. The normalized spacial score (nSPS) is 10.8. The van der Waals surface area contributed by atoms with Crippen LogP contribution in [-0.2, 0) is 7.05 Å². The number of nitrogens with zero attached hydrogens (tertiary/aromatic N) is 3. The first-order valence-corrected chi connectivity index (χ1v) is 8.73. The van der Waals surface area contributed by atoms with Gasteiger partial charge in [-0.2, -0.15) is 10.2 Å². The SMILES string of the molecule is CSc1cccc(NC(=O)c2cc(-c3c(C)nn(C)c3C)n[nH]2)c1. The zero-order valence-electron chi connectivity index (χ0n) is 14.0. The van der Waals surface area contributed by atoms with Crippen LogP contribution < -0.4 is 5.32 Å². The molecule has 7 heteroatoms. The van der Waals surface area contributed by atoms with Crippen molar-refractivity contribution in [2.45, 2.75) is 18.7 Å². The molecule has 124 valence electrons. The van der Waals surface area contributed by atoms with E-state index in [1.54, 1.807) is 17.8 Å². The van der Waals surface area contributed by atoms with Gasteiger partial charge in [0.25, 0.3) is 5.91 Å². The molecule has 0 aliphatic heterocycles. The Morgan fingerprint density at radius 2 is 2.08 bits per heavy atom. The summed E-state index contributed by atoms with van der Waals surface area (Å²) in [5.41, 5.74) is 4.76. The number of amides is 1. The highest BCUT2D eigenvalue weighted by Gasteiger charge is 2.17. The summed E-state index contributed by atoms with van der Waals surface area (Å²) in [4.78, 5) is 13.5. The van der Waals surface area contributed by atoms with Crippen LogP contribution in [0.2, 0.25) is 0 Å². The van der Waals surface area contributed by atoms with E-state index in [0.717, 1.165) is 33.2 Å². The predicted molar refractivity (Wildman–Crippen MR) is 96.4 cm³/mol. The molecule has 0 bridgehead atoms. The first-order valence-electron chi connectivity index (χ1n) is 7.51. The molecule has 0 unspecified atom stereocenters. The number of carbonyl (C=O) groups is 1. The second kappa shape index (κ2) is 6.52. The molecule has 0 saturated carbocycles. The van der Waals surface area contributed by atoms with Crippen molar-refractivity contribution in [2.24, 2.45) is 7.05 Å². The van der Waals surface area contributed by atoms with E-state index in [2.05, 4.69) is 20.6 Å². The lowest BCUT2D eigenvalue weighted by atomic mass is 10.1. The number of H-pyrrole nitrogens is 1. The lowest BCUT2D eigenvalue weighted by molar-refractivity contribution is 0.102. The van der Waals surface area contributed by atoms with Gasteiger partial charge in [-0.3, -0.25) is 14.6 Å². The third-order valence-corrected chi connectivity index (χ3v) is 4.64. The number of anilines is 1. The van der Waals surface area contributed by atoms with Gasteiger partial charge in [0.1, 0.15) is 5.69 Å². The van der Waals surface area contributed by atoms with E-state index < -0.39 is 0 Å². The molecular weight excluding hydrogens is 322 g/mol. The van der Waals surface area contributed by atoms with Crippen LogP contribution in [0.3, 0.4) is 0 Å². The standard InChI is InChI=1S/C17H19N5OS/c1-10-16(11(2)22(3)21-10)14-9-15(20-19-14)17(23)18-12-6-5-7-13(8-12)24-4/h5-9H,1-4H3,(H,18,23)(H,19,20). The number of aromatic amines is 1. The molecule has 2 N–H and O–H groups in total. The van der Waals surface area contributed by atoms with Gasteiger partial charge in [0.15, 0.2) is 0 Å². The Bertz CT molecular complexity index is 896. The fraction of sp³-hybridized carbons (Fsp3) is 0.235. The van der Waals surface area contributed by atoms with Crippen LogP contribution in [0.25, 0.3) is 11.3 Å². The Kier molecular flexibility index (Phi) is 4.44. The quantitative estimate of drug-likeness (QED) is 0.713. The largest absolute Gasteiger partial charge is 0.321 e. The molecule has 6 nitrogen and oxygen atoms in total. The number of hydrogen-bond acceptors (Lipinski definition) is 4. The minimum Gasteiger partial charge on any atom is -0.321 e. The molecule has 0 aliphatic rings. The summed E-state index contributed by atoms with van der Waals surface area (Å²) in [5, 5.41) is 14.4. The number of nitrogens with one attached hydrogen (secondary N) is 2. The summed E-state index contributed by atoms with van der Waals surface area (Å²) in [6.45, 7) is 3.92. The maximum Gasteiger partial charge on any atom is 0.273 e. The summed E-state index contributed by atoms with van der Waals surface area (Å²) < 4.78 is 1.81. The first kappa shape index (κ1) is 16.3. The Hall–Kier alpha value is -2.54. The molecule has 1 aromatic carbocycles. The van der Waals surface area contributed by atoms with E-state index in [0.29, 0.717) is 5.69 Å². The number of benzene rings is 1. The van der Waals surface area contributed by atoms with E-state index in [4.69, 9.17) is 0 Å². The minimum atomic E-state index is -0.216. The van der Waals surface area contributed by atoms with Crippen LogP contribution in [0.1, 0.15) is 21.9 Å². The lowest BCUT2D eigenvalue weighted by Gasteiger charge is -2.04. The molecule has 2 aromatic heterocycles. The fourth-order valence-corrected chi connectivity index (χ4v) is 3.07. The Morgan fingerprint density at radius 3 is 2.75 bits per heavy atom. The van der Waals surface area contributed by atoms with Gasteiger partial charge in [-0.15, -0.1) is 11.8 Å². The van der Waals surface area contributed by atoms with E-state index in [-0.39, 0.29) is 5.91 Å². The Balaban J connectivity index is 1.83. The molecule has 0 radical (unpaired) electrons. The number of hydrogen-bond donors (Lipinski definition) is 2. The van der Waals surface area contributed by atoms with Crippen molar-refractivity contribution in [3.63, 3.8) is 0 Å². The molecule has 0 saturated heterocycles. The van der Waals surface area contributed by atoms with Crippen molar-refractivity contribution >= 4 is 23.4 Å². The summed E-state index contributed by atoms with van der Waals surface area (Å²) in [5.74, 6) is -0.216. The highest BCUT2D eigenvalue weighted by atomic mass is 32.2. The van der Waals surface area contributed by atoms with Crippen molar-refractivity contribution in [2.75, 3.05) is 11.6 Å². The highest BCUT2D eigenvalue weighted by molar-refractivity contribution is 7.98. The molecule has 1 amide bonds. The molecule has 0 atom stereocenters. The molecule has 0 spiro atoms. The van der Waals surface area contributed by atoms with Crippen LogP contribution in [0, 0.1) is 13.8 Å². The second-order valence-corrected chi connectivity index (χ2v) is 6.40.